The Kier molecular flexibility index (Phi) is 3.85. The molecule has 3 aromatic rings. The highest BCUT2D eigenvalue weighted by atomic mass is 16.7. The maximum atomic E-state index is 12.2. The number of para-hydroxylation sites is 1. The van der Waals surface area contributed by atoms with E-state index in [0.717, 1.165) is 22.2 Å². The van der Waals surface area contributed by atoms with Gasteiger partial charge < -0.3 is 20.5 Å². The quantitative estimate of drug-likeness (QED) is 0.715. The van der Waals surface area contributed by atoms with E-state index in [1.54, 1.807) is 6.07 Å². The van der Waals surface area contributed by atoms with Gasteiger partial charge >= 0.3 is 0 Å². The molecule has 4 rings (SSSR count). The number of nitrogens with one attached hydrogen (secondary N) is 1. The molecule has 1 amide bonds. The molecule has 0 spiro atoms. The summed E-state index contributed by atoms with van der Waals surface area (Å²) in [6.07, 6.45) is 0.203. The van der Waals surface area contributed by atoms with Crippen molar-refractivity contribution in [3.63, 3.8) is 0 Å². The lowest BCUT2D eigenvalue weighted by Gasteiger charge is -2.07. The standard InChI is InChI=1S/C19H17N3O3/c20-15-3-1-2-13-5-6-14(22-19(13)15)9-18(23)21-10-12-4-7-16-17(8-12)25-11-24-16/h1-8H,9-11,20H2,(H,21,23). The van der Waals surface area contributed by atoms with E-state index in [9.17, 15) is 4.79 Å². The minimum absolute atomic E-state index is 0.0981. The van der Waals surface area contributed by atoms with Gasteiger partial charge in [-0.15, -0.1) is 0 Å². The number of ether oxygens (including phenoxy) is 2. The topological polar surface area (TPSA) is 86.5 Å². The van der Waals surface area contributed by atoms with Crippen molar-refractivity contribution in [2.45, 2.75) is 13.0 Å². The van der Waals surface area contributed by atoms with Gasteiger partial charge in [0.05, 0.1) is 23.3 Å². The number of anilines is 1. The number of pyridine rings is 1. The highest BCUT2D eigenvalue weighted by Crippen LogP contribution is 2.32. The summed E-state index contributed by atoms with van der Waals surface area (Å²) in [5.74, 6) is 1.34. The van der Waals surface area contributed by atoms with Gasteiger partial charge in [-0.3, -0.25) is 9.78 Å². The monoisotopic (exact) mass is 335 g/mol. The first-order valence-corrected chi connectivity index (χ1v) is 7.98. The molecule has 0 atom stereocenters. The zero-order valence-electron chi connectivity index (χ0n) is 13.5. The van der Waals surface area contributed by atoms with Crippen molar-refractivity contribution >= 4 is 22.5 Å². The van der Waals surface area contributed by atoms with E-state index < -0.39 is 0 Å². The first kappa shape index (κ1) is 15.3. The molecule has 6 heteroatoms. The van der Waals surface area contributed by atoms with Crippen LogP contribution in [-0.4, -0.2) is 17.7 Å². The number of nitrogens with zero attached hydrogens (tertiary/aromatic N) is 1. The first-order chi connectivity index (χ1) is 12.2. The second-order valence-corrected chi connectivity index (χ2v) is 5.86. The van der Waals surface area contributed by atoms with Gasteiger partial charge in [0.15, 0.2) is 11.5 Å². The number of nitrogens with two attached hydrogens (primary N) is 1. The maximum Gasteiger partial charge on any atom is 0.231 e. The van der Waals surface area contributed by atoms with E-state index in [0.29, 0.717) is 23.7 Å². The number of carbonyl (C=O) groups is 1. The van der Waals surface area contributed by atoms with Crippen LogP contribution in [0.4, 0.5) is 5.69 Å². The van der Waals surface area contributed by atoms with Crippen molar-refractivity contribution in [1.82, 2.24) is 10.3 Å². The zero-order chi connectivity index (χ0) is 17.2. The van der Waals surface area contributed by atoms with Gasteiger partial charge in [-0.25, -0.2) is 0 Å². The van der Waals surface area contributed by atoms with Crippen LogP contribution < -0.4 is 20.5 Å². The van der Waals surface area contributed by atoms with Crippen LogP contribution in [-0.2, 0) is 17.8 Å². The number of benzene rings is 2. The van der Waals surface area contributed by atoms with E-state index in [-0.39, 0.29) is 19.1 Å². The predicted octanol–water partition coefficient (Wildman–Crippen LogP) is 2.40. The molecule has 0 saturated heterocycles. The molecule has 1 aliphatic rings. The molecule has 3 N–H and O–H groups in total. The van der Waals surface area contributed by atoms with E-state index >= 15 is 0 Å². The molecule has 126 valence electrons. The molecule has 1 aromatic heterocycles. The highest BCUT2D eigenvalue weighted by Gasteiger charge is 2.13. The number of amides is 1. The minimum atomic E-state index is -0.0981. The molecule has 6 nitrogen and oxygen atoms in total. The van der Waals surface area contributed by atoms with Crippen molar-refractivity contribution < 1.29 is 14.3 Å². The Morgan fingerprint density at radius 3 is 2.92 bits per heavy atom. The second kappa shape index (κ2) is 6.32. The maximum absolute atomic E-state index is 12.2. The van der Waals surface area contributed by atoms with Crippen LogP contribution in [0.2, 0.25) is 0 Å². The van der Waals surface area contributed by atoms with Crippen LogP contribution in [0.1, 0.15) is 11.3 Å². The Morgan fingerprint density at radius 1 is 1.12 bits per heavy atom. The van der Waals surface area contributed by atoms with Crippen LogP contribution >= 0.6 is 0 Å². The lowest BCUT2D eigenvalue weighted by molar-refractivity contribution is -0.120. The van der Waals surface area contributed by atoms with Crippen molar-refractivity contribution in [2.24, 2.45) is 0 Å². The van der Waals surface area contributed by atoms with Crippen molar-refractivity contribution in [1.29, 1.82) is 0 Å². The summed E-state index contributed by atoms with van der Waals surface area (Å²) in [6.45, 7) is 0.660. The van der Waals surface area contributed by atoms with Crippen molar-refractivity contribution in [3.8, 4) is 11.5 Å². The summed E-state index contributed by atoms with van der Waals surface area (Å²) in [5, 5.41) is 3.86. The molecule has 0 saturated carbocycles. The predicted molar refractivity (Wildman–Crippen MR) is 94.3 cm³/mol. The van der Waals surface area contributed by atoms with Gasteiger partial charge in [0, 0.05) is 11.9 Å². The van der Waals surface area contributed by atoms with Gasteiger partial charge in [-0.2, -0.15) is 0 Å². The molecule has 0 aliphatic carbocycles. The molecule has 1 aliphatic heterocycles. The number of fused-ring (bicyclic) bond motifs is 2. The van der Waals surface area contributed by atoms with Gasteiger partial charge in [0.25, 0.3) is 0 Å². The SMILES string of the molecule is Nc1cccc2ccc(CC(=O)NCc3ccc4c(c3)OCO4)nc12. The van der Waals surface area contributed by atoms with Crippen molar-refractivity contribution in [2.75, 3.05) is 12.5 Å². The summed E-state index contributed by atoms with van der Waals surface area (Å²) in [7, 11) is 0. The largest absolute Gasteiger partial charge is 0.454 e. The smallest absolute Gasteiger partial charge is 0.231 e. The molecule has 2 aromatic carbocycles. The van der Waals surface area contributed by atoms with Crippen LogP contribution in [0.15, 0.2) is 48.5 Å². The minimum Gasteiger partial charge on any atom is -0.454 e. The average Bonchev–Trinajstić information content (AvgIpc) is 3.08. The Bertz CT molecular complexity index is 956. The molecule has 0 unspecified atom stereocenters. The van der Waals surface area contributed by atoms with Gasteiger partial charge in [-0.1, -0.05) is 24.3 Å². The molecule has 0 radical (unpaired) electrons. The lowest BCUT2D eigenvalue weighted by atomic mass is 10.1. The van der Waals surface area contributed by atoms with Crippen LogP contribution in [0, 0.1) is 0 Å². The van der Waals surface area contributed by atoms with E-state index in [1.165, 1.54) is 0 Å². The fourth-order valence-electron chi connectivity index (χ4n) is 2.79. The Hall–Kier alpha value is -3.28. The van der Waals surface area contributed by atoms with Gasteiger partial charge in [0.1, 0.15) is 0 Å². The average molecular weight is 335 g/mol. The summed E-state index contributed by atoms with van der Waals surface area (Å²) in [4.78, 5) is 16.7. The lowest BCUT2D eigenvalue weighted by Crippen LogP contribution is -2.24. The molecule has 0 bridgehead atoms. The van der Waals surface area contributed by atoms with Gasteiger partial charge in [-0.05, 0) is 29.8 Å². The van der Waals surface area contributed by atoms with Gasteiger partial charge in [0.2, 0.25) is 12.7 Å². The first-order valence-electron chi connectivity index (χ1n) is 7.98. The number of carbonyl (C=O) groups excluding carboxylic acids is 1. The number of rotatable bonds is 4. The van der Waals surface area contributed by atoms with Crippen molar-refractivity contribution in [3.05, 3.63) is 59.8 Å². The number of aromatic nitrogens is 1. The normalized spacial score (nSPS) is 12.3. The summed E-state index contributed by atoms with van der Waals surface area (Å²) < 4.78 is 10.6. The summed E-state index contributed by atoms with van der Waals surface area (Å²) in [5.41, 5.74) is 8.93. The molecular weight excluding hydrogens is 318 g/mol. The summed E-state index contributed by atoms with van der Waals surface area (Å²) >= 11 is 0. The second-order valence-electron chi connectivity index (χ2n) is 5.86. The van der Waals surface area contributed by atoms with E-state index in [1.807, 2.05) is 42.5 Å². The number of hydrogen-bond donors (Lipinski definition) is 2. The Balaban J connectivity index is 1.41. The van der Waals surface area contributed by atoms with E-state index in [2.05, 4.69) is 10.3 Å². The fraction of sp³-hybridized carbons (Fsp3) is 0.158. The zero-order valence-corrected chi connectivity index (χ0v) is 13.5. The van der Waals surface area contributed by atoms with Crippen LogP contribution in [0.3, 0.4) is 0 Å². The molecule has 0 fully saturated rings. The summed E-state index contributed by atoms with van der Waals surface area (Å²) in [6, 6.07) is 15.0. The van der Waals surface area contributed by atoms with Crippen LogP contribution in [0.25, 0.3) is 10.9 Å². The molecule has 25 heavy (non-hydrogen) atoms. The number of nitrogen functional groups attached to an aromatic ring is 1. The highest BCUT2D eigenvalue weighted by molar-refractivity contribution is 5.89. The molecule has 2 heterocycles. The fourth-order valence-corrected chi connectivity index (χ4v) is 2.79. The Morgan fingerprint density at radius 2 is 2.00 bits per heavy atom. The molecular formula is C19H17N3O3. The third kappa shape index (κ3) is 3.19. The third-order valence-corrected chi connectivity index (χ3v) is 4.08. The Labute approximate surface area is 144 Å². The third-order valence-electron chi connectivity index (χ3n) is 4.08. The number of hydrogen-bond acceptors (Lipinski definition) is 5. The van der Waals surface area contributed by atoms with Crippen LogP contribution in [0.5, 0.6) is 11.5 Å². The van der Waals surface area contributed by atoms with E-state index in [4.69, 9.17) is 15.2 Å².